The molecule has 1 aliphatic rings. The van der Waals surface area contributed by atoms with Crippen LogP contribution in [0.1, 0.15) is 25.3 Å². The van der Waals surface area contributed by atoms with Gasteiger partial charge >= 0.3 is 10.3 Å². The fourth-order valence-corrected chi connectivity index (χ4v) is 2.38. The van der Waals surface area contributed by atoms with E-state index in [2.05, 4.69) is 11.1 Å². The lowest BCUT2D eigenvalue weighted by molar-refractivity contribution is 0.489. The normalized spacial score (nSPS) is 15.1. The van der Waals surface area contributed by atoms with Crippen molar-refractivity contribution >= 4 is 21.7 Å². The van der Waals surface area contributed by atoms with Gasteiger partial charge in [0.1, 0.15) is 0 Å². The highest BCUT2D eigenvalue weighted by Crippen LogP contribution is 2.16. The number of aryl methyl sites for hydroxylation is 1. The number of hydrogen-bond acceptors (Lipinski definition) is 3. The van der Waals surface area contributed by atoms with Crippen LogP contribution < -0.4 is 4.72 Å². The van der Waals surface area contributed by atoms with E-state index in [-0.39, 0.29) is 0 Å². The average molecular weight is 280 g/mol. The maximum atomic E-state index is 10.6. The fourth-order valence-electron chi connectivity index (χ4n) is 1.94. The second kappa shape index (κ2) is 5.54. The first-order valence-corrected chi connectivity index (χ1v) is 7.44. The minimum atomic E-state index is -4.20. The average Bonchev–Trinajstić information content (AvgIpc) is 2.72. The van der Waals surface area contributed by atoms with Crippen LogP contribution in [-0.4, -0.2) is 18.7 Å². The molecule has 5 nitrogen and oxygen atoms in total. The van der Waals surface area contributed by atoms with Crippen molar-refractivity contribution in [1.82, 2.24) is 0 Å². The molecule has 0 spiro atoms. The quantitative estimate of drug-likeness (QED) is 0.814. The maximum Gasteiger partial charge on any atom is 0.357 e. The van der Waals surface area contributed by atoms with E-state index in [1.807, 2.05) is 23.8 Å². The summed E-state index contributed by atoms with van der Waals surface area (Å²) in [4.78, 5) is 4.42. The number of allylic oxidation sites excluding steroid dienone is 2. The predicted octanol–water partition coefficient (Wildman–Crippen LogP) is 2.58. The predicted molar refractivity (Wildman–Crippen MR) is 75.7 cm³/mol. The Kier molecular flexibility index (Phi) is 4.01. The van der Waals surface area contributed by atoms with Crippen LogP contribution in [0.3, 0.4) is 0 Å². The molecule has 2 rings (SSSR count). The Balaban J connectivity index is 1.91. The van der Waals surface area contributed by atoms with E-state index in [0.29, 0.717) is 5.69 Å². The number of anilines is 1. The van der Waals surface area contributed by atoms with Gasteiger partial charge in [-0.05, 0) is 37.5 Å². The zero-order valence-electron chi connectivity index (χ0n) is 10.6. The highest BCUT2D eigenvalue weighted by molar-refractivity contribution is 7.87. The standard InChI is InChI=1S/C13H16N2O3S/c1-10-2-6-12(14-10)7-3-11-4-8-13(9-5-11)15-19(16,17)18/h2,4-5,8-9,15H,3,6-7H2,1H3,(H,16,17,18). The van der Waals surface area contributed by atoms with Crippen molar-refractivity contribution in [2.75, 3.05) is 4.72 Å². The molecule has 0 aromatic heterocycles. The molecule has 0 atom stereocenters. The third-order valence-corrected chi connectivity index (χ3v) is 3.36. The molecule has 0 aliphatic carbocycles. The lowest BCUT2D eigenvalue weighted by Gasteiger charge is -2.05. The zero-order chi connectivity index (χ0) is 13.9. The highest BCUT2D eigenvalue weighted by atomic mass is 32.2. The Labute approximate surface area is 112 Å². The number of nitrogens with zero attached hydrogens (tertiary/aromatic N) is 1. The molecule has 0 amide bonds. The molecule has 0 radical (unpaired) electrons. The van der Waals surface area contributed by atoms with Crippen molar-refractivity contribution in [2.45, 2.75) is 26.2 Å². The number of aliphatic imine (C=N–C) groups is 1. The molecular formula is C13H16N2O3S. The van der Waals surface area contributed by atoms with Crippen molar-refractivity contribution < 1.29 is 13.0 Å². The van der Waals surface area contributed by atoms with Crippen LogP contribution in [0.4, 0.5) is 5.69 Å². The molecule has 1 aromatic carbocycles. The third kappa shape index (κ3) is 4.50. The van der Waals surface area contributed by atoms with Crippen LogP contribution in [0.2, 0.25) is 0 Å². The van der Waals surface area contributed by atoms with Gasteiger partial charge in [-0.1, -0.05) is 18.2 Å². The van der Waals surface area contributed by atoms with E-state index in [9.17, 15) is 8.42 Å². The summed E-state index contributed by atoms with van der Waals surface area (Å²) in [6.07, 6.45) is 4.80. The molecule has 1 aromatic rings. The third-order valence-electron chi connectivity index (χ3n) is 2.87. The fraction of sp³-hybridized carbons (Fsp3) is 0.308. The van der Waals surface area contributed by atoms with Crippen molar-refractivity contribution in [3.05, 3.63) is 41.6 Å². The van der Waals surface area contributed by atoms with Gasteiger partial charge in [-0.25, -0.2) is 0 Å². The molecule has 0 unspecified atom stereocenters. The molecular weight excluding hydrogens is 264 g/mol. The molecule has 102 valence electrons. The summed E-state index contributed by atoms with van der Waals surface area (Å²) in [6, 6.07) is 6.93. The lowest BCUT2D eigenvalue weighted by atomic mass is 10.1. The minimum absolute atomic E-state index is 0.349. The van der Waals surface area contributed by atoms with Gasteiger partial charge in [-0.3, -0.25) is 14.3 Å². The van der Waals surface area contributed by atoms with E-state index in [1.165, 1.54) is 5.71 Å². The first-order valence-electron chi connectivity index (χ1n) is 6.00. The molecule has 1 aliphatic heterocycles. The minimum Gasteiger partial charge on any atom is -0.269 e. The van der Waals surface area contributed by atoms with Gasteiger partial charge < -0.3 is 0 Å². The summed E-state index contributed by atoms with van der Waals surface area (Å²) in [5.74, 6) is 0. The summed E-state index contributed by atoms with van der Waals surface area (Å²) in [6.45, 7) is 1.99. The molecule has 0 saturated carbocycles. The monoisotopic (exact) mass is 280 g/mol. The lowest BCUT2D eigenvalue weighted by Crippen LogP contribution is -2.10. The highest BCUT2D eigenvalue weighted by Gasteiger charge is 2.06. The summed E-state index contributed by atoms with van der Waals surface area (Å²) >= 11 is 0. The number of nitrogens with one attached hydrogen (secondary N) is 1. The summed E-state index contributed by atoms with van der Waals surface area (Å²) in [7, 11) is -4.20. The van der Waals surface area contributed by atoms with Crippen LogP contribution >= 0.6 is 0 Å². The Morgan fingerprint density at radius 1 is 1.26 bits per heavy atom. The van der Waals surface area contributed by atoms with Crippen LogP contribution in [0, 0.1) is 0 Å². The van der Waals surface area contributed by atoms with E-state index in [0.717, 1.165) is 30.5 Å². The van der Waals surface area contributed by atoms with Crippen LogP contribution in [0.15, 0.2) is 41.0 Å². The SMILES string of the molecule is CC1=CCC(CCc2ccc(NS(=O)(=O)O)cc2)=N1. The van der Waals surface area contributed by atoms with E-state index in [4.69, 9.17) is 4.55 Å². The van der Waals surface area contributed by atoms with Gasteiger partial charge in [-0.15, -0.1) is 0 Å². The Hall–Kier alpha value is -1.66. The van der Waals surface area contributed by atoms with Crippen molar-refractivity contribution in [3.63, 3.8) is 0 Å². The Morgan fingerprint density at radius 2 is 1.95 bits per heavy atom. The smallest absolute Gasteiger partial charge is 0.269 e. The van der Waals surface area contributed by atoms with Gasteiger partial charge in [0.2, 0.25) is 0 Å². The molecule has 0 fully saturated rings. The van der Waals surface area contributed by atoms with Gasteiger partial charge in [-0.2, -0.15) is 8.42 Å². The van der Waals surface area contributed by atoms with Crippen molar-refractivity contribution in [2.24, 2.45) is 4.99 Å². The summed E-state index contributed by atoms with van der Waals surface area (Å²) in [5.41, 5.74) is 3.70. The van der Waals surface area contributed by atoms with E-state index in [1.54, 1.807) is 12.1 Å². The Morgan fingerprint density at radius 3 is 2.47 bits per heavy atom. The van der Waals surface area contributed by atoms with Gasteiger partial charge in [0.05, 0.1) is 5.69 Å². The first kappa shape index (κ1) is 13.8. The van der Waals surface area contributed by atoms with Crippen molar-refractivity contribution in [3.8, 4) is 0 Å². The molecule has 2 N–H and O–H groups in total. The molecule has 19 heavy (non-hydrogen) atoms. The second-order valence-corrected chi connectivity index (χ2v) is 5.66. The molecule has 0 bridgehead atoms. The molecule has 0 saturated heterocycles. The van der Waals surface area contributed by atoms with E-state index < -0.39 is 10.3 Å². The summed E-state index contributed by atoms with van der Waals surface area (Å²) in [5, 5.41) is 0. The second-order valence-electron chi connectivity index (χ2n) is 4.50. The zero-order valence-corrected chi connectivity index (χ0v) is 11.4. The number of benzene rings is 1. The van der Waals surface area contributed by atoms with Gasteiger partial charge in [0.15, 0.2) is 0 Å². The molecule has 6 heteroatoms. The maximum absolute atomic E-state index is 10.6. The topological polar surface area (TPSA) is 78.8 Å². The molecule has 1 heterocycles. The first-order chi connectivity index (χ1) is 8.92. The van der Waals surface area contributed by atoms with Crippen molar-refractivity contribution in [1.29, 1.82) is 0 Å². The number of rotatable bonds is 5. The van der Waals surface area contributed by atoms with Crippen LogP contribution in [-0.2, 0) is 16.7 Å². The largest absolute Gasteiger partial charge is 0.357 e. The van der Waals surface area contributed by atoms with Gasteiger partial charge in [0.25, 0.3) is 0 Å². The summed E-state index contributed by atoms with van der Waals surface area (Å²) < 4.78 is 31.9. The van der Waals surface area contributed by atoms with Gasteiger partial charge in [0, 0.05) is 17.8 Å². The Bertz CT molecular complexity index is 616. The van der Waals surface area contributed by atoms with Crippen LogP contribution in [0.5, 0.6) is 0 Å². The van der Waals surface area contributed by atoms with E-state index >= 15 is 0 Å². The number of hydrogen-bond donors (Lipinski definition) is 2. The van der Waals surface area contributed by atoms with Crippen LogP contribution in [0.25, 0.3) is 0 Å².